The van der Waals surface area contributed by atoms with Gasteiger partial charge in [-0.1, -0.05) is 32.6 Å². The van der Waals surface area contributed by atoms with Crippen LogP contribution in [0.15, 0.2) is 6.07 Å². The molecule has 0 aliphatic rings. The van der Waals surface area contributed by atoms with Crippen LogP contribution in [0.3, 0.4) is 0 Å². The number of hydrogen-bond acceptors (Lipinski definition) is 5. The predicted molar refractivity (Wildman–Crippen MR) is 88.4 cm³/mol. The van der Waals surface area contributed by atoms with Crippen LogP contribution in [0.4, 0.5) is 11.8 Å². The Morgan fingerprint density at radius 1 is 1.30 bits per heavy atom. The number of aryl methyl sites for hydroxylation is 1. The fourth-order valence-corrected chi connectivity index (χ4v) is 3.24. The van der Waals surface area contributed by atoms with Crippen LogP contribution in [0, 0.1) is 6.92 Å². The maximum Gasteiger partial charge on any atom is 0.223 e. The van der Waals surface area contributed by atoms with E-state index in [1.807, 2.05) is 0 Å². The monoisotopic (exact) mass is 292 g/mol. The molecule has 2 aromatic rings. The fourth-order valence-electron chi connectivity index (χ4n) is 2.35. The molecule has 0 amide bonds. The van der Waals surface area contributed by atoms with Crippen molar-refractivity contribution in [1.82, 2.24) is 9.97 Å². The first-order chi connectivity index (χ1) is 9.60. The number of aromatic nitrogens is 2. The average Bonchev–Trinajstić information content (AvgIpc) is 2.75. The first kappa shape index (κ1) is 15.0. The summed E-state index contributed by atoms with van der Waals surface area (Å²) in [7, 11) is 0. The van der Waals surface area contributed by atoms with E-state index in [2.05, 4.69) is 42.1 Å². The Balaban J connectivity index is 2.04. The molecule has 0 saturated heterocycles. The van der Waals surface area contributed by atoms with E-state index in [9.17, 15) is 0 Å². The average molecular weight is 292 g/mol. The molecule has 0 aliphatic heterocycles. The van der Waals surface area contributed by atoms with Crippen molar-refractivity contribution >= 4 is 33.3 Å². The number of unbranched alkanes of at least 4 members (excludes halogenated alkanes) is 3. The van der Waals surface area contributed by atoms with Gasteiger partial charge in [0.2, 0.25) is 5.95 Å². The summed E-state index contributed by atoms with van der Waals surface area (Å²) in [5, 5.41) is 4.58. The van der Waals surface area contributed by atoms with Gasteiger partial charge in [0, 0.05) is 10.9 Å². The molecule has 2 rings (SSSR count). The first-order valence-corrected chi connectivity index (χ1v) is 8.22. The number of nitrogens with two attached hydrogens (primary N) is 1. The molecule has 0 saturated carbocycles. The molecule has 0 spiro atoms. The fraction of sp³-hybridized carbons (Fsp3) is 0.600. The maximum atomic E-state index is 5.79. The van der Waals surface area contributed by atoms with Crippen molar-refractivity contribution in [3.63, 3.8) is 0 Å². The van der Waals surface area contributed by atoms with E-state index in [1.54, 1.807) is 11.3 Å². The van der Waals surface area contributed by atoms with E-state index in [-0.39, 0.29) is 0 Å². The number of rotatable bonds is 7. The summed E-state index contributed by atoms with van der Waals surface area (Å²) in [6.45, 7) is 6.52. The Bertz CT molecular complexity index is 564. The van der Waals surface area contributed by atoms with Crippen LogP contribution in [0.25, 0.3) is 10.2 Å². The van der Waals surface area contributed by atoms with Crippen LogP contribution >= 0.6 is 11.3 Å². The SMILES string of the molecule is CCCCCCC(C)Nc1nc(N)nc2sc(C)cc12. The highest BCUT2D eigenvalue weighted by atomic mass is 32.1. The molecule has 1 atom stereocenters. The minimum atomic E-state index is 0.347. The van der Waals surface area contributed by atoms with Crippen LogP contribution in [0.1, 0.15) is 50.8 Å². The zero-order valence-corrected chi connectivity index (χ0v) is 13.4. The lowest BCUT2D eigenvalue weighted by Gasteiger charge is -2.15. The molecule has 0 radical (unpaired) electrons. The molecule has 2 heterocycles. The Morgan fingerprint density at radius 3 is 2.85 bits per heavy atom. The summed E-state index contributed by atoms with van der Waals surface area (Å²) in [6, 6.07) is 2.54. The molecule has 0 bridgehead atoms. The van der Waals surface area contributed by atoms with Crippen molar-refractivity contribution in [3.05, 3.63) is 10.9 Å². The van der Waals surface area contributed by atoms with Crippen LogP contribution < -0.4 is 11.1 Å². The Labute approximate surface area is 124 Å². The van der Waals surface area contributed by atoms with Gasteiger partial charge in [-0.05, 0) is 26.3 Å². The van der Waals surface area contributed by atoms with Crippen molar-refractivity contribution in [3.8, 4) is 0 Å². The maximum absolute atomic E-state index is 5.79. The molecule has 4 nitrogen and oxygen atoms in total. The van der Waals surface area contributed by atoms with Gasteiger partial charge in [0.1, 0.15) is 10.6 Å². The molecular formula is C15H24N4S. The van der Waals surface area contributed by atoms with Crippen molar-refractivity contribution in [2.45, 2.75) is 58.9 Å². The zero-order chi connectivity index (χ0) is 14.5. The summed E-state index contributed by atoms with van der Waals surface area (Å²) in [5.74, 6) is 1.22. The van der Waals surface area contributed by atoms with Crippen LogP contribution in [0.2, 0.25) is 0 Å². The standard InChI is InChI=1S/C15H24N4S/c1-4-5-6-7-8-10(2)17-13-12-9-11(3)20-14(12)19-15(16)18-13/h9-10H,4-8H2,1-3H3,(H3,16,17,18,19). The number of anilines is 2. The molecule has 0 aromatic carbocycles. The number of hydrogen-bond donors (Lipinski definition) is 2. The topological polar surface area (TPSA) is 63.8 Å². The minimum absolute atomic E-state index is 0.347. The smallest absolute Gasteiger partial charge is 0.223 e. The molecule has 110 valence electrons. The normalized spacial score (nSPS) is 12.8. The van der Waals surface area contributed by atoms with Gasteiger partial charge in [0.25, 0.3) is 0 Å². The number of fused-ring (bicyclic) bond motifs is 1. The van der Waals surface area contributed by atoms with E-state index in [0.717, 1.165) is 22.5 Å². The van der Waals surface area contributed by atoms with Gasteiger partial charge in [0.15, 0.2) is 0 Å². The number of nitrogen functional groups attached to an aromatic ring is 1. The quantitative estimate of drug-likeness (QED) is 0.745. The second kappa shape index (κ2) is 6.88. The first-order valence-electron chi connectivity index (χ1n) is 7.40. The lowest BCUT2D eigenvalue weighted by Crippen LogP contribution is -2.16. The molecule has 2 aromatic heterocycles. The van der Waals surface area contributed by atoms with E-state index in [4.69, 9.17) is 5.73 Å². The zero-order valence-electron chi connectivity index (χ0n) is 12.6. The number of nitrogens with one attached hydrogen (secondary N) is 1. The van der Waals surface area contributed by atoms with Gasteiger partial charge in [-0.15, -0.1) is 11.3 Å². The number of thiophene rings is 1. The van der Waals surface area contributed by atoms with Crippen LogP contribution in [-0.2, 0) is 0 Å². The predicted octanol–water partition coefficient (Wildman–Crippen LogP) is 4.35. The van der Waals surface area contributed by atoms with Crippen molar-refractivity contribution in [2.24, 2.45) is 0 Å². The van der Waals surface area contributed by atoms with E-state index in [1.165, 1.54) is 30.6 Å². The molecule has 3 N–H and O–H groups in total. The van der Waals surface area contributed by atoms with Crippen molar-refractivity contribution in [1.29, 1.82) is 0 Å². The Kier molecular flexibility index (Phi) is 5.17. The molecular weight excluding hydrogens is 268 g/mol. The highest BCUT2D eigenvalue weighted by Gasteiger charge is 2.11. The highest BCUT2D eigenvalue weighted by molar-refractivity contribution is 7.18. The van der Waals surface area contributed by atoms with Crippen molar-refractivity contribution in [2.75, 3.05) is 11.1 Å². The second-order valence-electron chi connectivity index (χ2n) is 5.40. The Morgan fingerprint density at radius 2 is 2.10 bits per heavy atom. The molecule has 1 unspecified atom stereocenters. The molecule has 5 heteroatoms. The minimum Gasteiger partial charge on any atom is -0.368 e. The highest BCUT2D eigenvalue weighted by Crippen LogP contribution is 2.29. The summed E-state index contributed by atoms with van der Waals surface area (Å²) in [6.07, 6.45) is 6.32. The largest absolute Gasteiger partial charge is 0.368 e. The summed E-state index contributed by atoms with van der Waals surface area (Å²) >= 11 is 1.66. The van der Waals surface area contributed by atoms with Gasteiger partial charge in [-0.25, -0.2) is 4.98 Å². The molecule has 0 fully saturated rings. The molecule has 20 heavy (non-hydrogen) atoms. The van der Waals surface area contributed by atoms with E-state index >= 15 is 0 Å². The van der Waals surface area contributed by atoms with E-state index < -0.39 is 0 Å². The van der Waals surface area contributed by atoms with Gasteiger partial charge < -0.3 is 11.1 Å². The van der Waals surface area contributed by atoms with E-state index in [0.29, 0.717) is 12.0 Å². The summed E-state index contributed by atoms with van der Waals surface area (Å²) in [5.41, 5.74) is 5.79. The van der Waals surface area contributed by atoms with Gasteiger partial charge in [0.05, 0.1) is 5.39 Å². The lowest BCUT2D eigenvalue weighted by molar-refractivity contribution is 0.593. The van der Waals surface area contributed by atoms with Crippen LogP contribution in [-0.4, -0.2) is 16.0 Å². The van der Waals surface area contributed by atoms with Crippen LogP contribution in [0.5, 0.6) is 0 Å². The second-order valence-corrected chi connectivity index (χ2v) is 6.64. The Hall–Kier alpha value is -1.36. The van der Waals surface area contributed by atoms with Gasteiger partial charge >= 0.3 is 0 Å². The third-order valence-electron chi connectivity index (χ3n) is 3.41. The number of nitrogens with zero attached hydrogens (tertiary/aromatic N) is 2. The summed E-state index contributed by atoms with van der Waals surface area (Å²) < 4.78 is 0. The van der Waals surface area contributed by atoms with Gasteiger partial charge in [-0.3, -0.25) is 0 Å². The third-order valence-corrected chi connectivity index (χ3v) is 4.35. The van der Waals surface area contributed by atoms with Crippen molar-refractivity contribution < 1.29 is 0 Å². The van der Waals surface area contributed by atoms with Gasteiger partial charge in [-0.2, -0.15) is 4.98 Å². The lowest BCUT2D eigenvalue weighted by atomic mass is 10.1. The molecule has 0 aliphatic carbocycles. The summed E-state index contributed by atoms with van der Waals surface area (Å²) in [4.78, 5) is 10.9. The third kappa shape index (κ3) is 3.82.